The summed E-state index contributed by atoms with van der Waals surface area (Å²) in [5.41, 5.74) is 9.25. The van der Waals surface area contributed by atoms with E-state index in [1.54, 1.807) is 22.3 Å². The first-order valence-electron chi connectivity index (χ1n) is 35.1. The fourth-order valence-electron chi connectivity index (χ4n) is 18.1. The van der Waals surface area contributed by atoms with Gasteiger partial charge in [0.15, 0.2) is 0 Å². The van der Waals surface area contributed by atoms with E-state index in [-0.39, 0.29) is 0 Å². The van der Waals surface area contributed by atoms with Gasteiger partial charge in [0.1, 0.15) is 0 Å². The molecule has 88 heavy (non-hydrogen) atoms. The van der Waals surface area contributed by atoms with E-state index < -0.39 is 0 Å². The predicted molar refractivity (Wildman–Crippen MR) is 392 cm³/mol. The number of fused-ring (bicyclic) bond motifs is 14. The molecule has 0 aliphatic carbocycles. The SMILES string of the molecule is CCCCCCCc1c(CCCCCCC)c2c3ccccc3c3c(-c4ccc5c6cccc7c8ccccc8c8c(CCCCCCC)c(CCCCCCC)c9c%10ccccc%10c4c5c9c8c76)ccc4c5cccc6c7ccccc7c1c(c65)c2c43. The molecule has 0 fully saturated rings. The van der Waals surface area contributed by atoms with Crippen molar-refractivity contribution >= 4 is 151 Å². The molecule has 0 amide bonds. The van der Waals surface area contributed by atoms with E-state index in [0.717, 1.165) is 25.7 Å². The van der Waals surface area contributed by atoms with Crippen LogP contribution >= 0.6 is 0 Å². The van der Waals surface area contributed by atoms with E-state index >= 15 is 0 Å². The second-order valence-corrected chi connectivity index (χ2v) is 27.0. The first kappa shape index (κ1) is 55.5. The molecule has 0 aliphatic heterocycles. The molecule has 0 unspecified atom stereocenters. The Labute approximate surface area is 520 Å². The Morgan fingerprint density at radius 2 is 0.375 bits per heavy atom. The molecule has 0 aromatic heterocycles. The average molecular weight is 1140 g/mol. The lowest BCUT2D eigenvalue weighted by atomic mass is 9.74. The Kier molecular flexibility index (Phi) is 14.7. The van der Waals surface area contributed by atoms with Crippen molar-refractivity contribution in [1.82, 2.24) is 0 Å². The largest absolute Gasteiger partial charge is 0.0654 e. The van der Waals surface area contributed by atoms with Crippen LogP contribution in [0.3, 0.4) is 0 Å². The van der Waals surface area contributed by atoms with E-state index in [0.29, 0.717) is 0 Å². The number of rotatable bonds is 25. The summed E-state index contributed by atoms with van der Waals surface area (Å²) in [7, 11) is 0. The van der Waals surface area contributed by atoms with Gasteiger partial charge in [-0.2, -0.15) is 0 Å². The zero-order chi connectivity index (χ0) is 59.0. The van der Waals surface area contributed by atoms with Crippen LogP contribution in [0, 0.1) is 0 Å². The number of hydrogen-bond acceptors (Lipinski definition) is 0. The fraction of sp³-hybridized carbons (Fsp3) is 0.318. The van der Waals surface area contributed by atoms with Crippen molar-refractivity contribution in [1.29, 1.82) is 0 Å². The van der Waals surface area contributed by atoms with Crippen LogP contribution in [0.25, 0.3) is 162 Å². The summed E-state index contributed by atoms with van der Waals surface area (Å²) in [5, 5.41) is 40.5. The summed E-state index contributed by atoms with van der Waals surface area (Å²) < 4.78 is 0. The smallest absolute Gasteiger partial charge is 0.000421 e. The molecule has 0 saturated carbocycles. The third-order valence-electron chi connectivity index (χ3n) is 21.9. The third-order valence-corrected chi connectivity index (χ3v) is 21.9. The molecule has 16 rings (SSSR count). The summed E-state index contributed by atoms with van der Waals surface area (Å²) in [5.74, 6) is 0. The van der Waals surface area contributed by atoms with Crippen molar-refractivity contribution in [2.75, 3.05) is 0 Å². The lowest BCUT2D eigenvalue weighted by Crippen LogP contribution is -2.04. The molecule has 0 bridgehead atoms. The predicted octanol–water partition coefficient (Wildman–Crippen LogP) is 27.3. The standard InChI is InChI=1S/C88H86/c1-5-9-13-17-21-37-63-65(39-23-19-15-11-7-3)81-67-45-31-29-43-61(67)75-71(51-53-73-69-49-33-47-59-55-35-25-27-41-57(55)77(63)85(79(59)69)87(81)83(73)75)72-52-54-74-70-50-34-48-60-56-36-26-28-42-58(56)78-64(38-22-18-14-10-6-2)66(40-24-20-16-12-8-4)82-68-46-32-30-44-62(68)76(72)84(74)88(82)86(78)80(60)70/h25-36,41-54H,5-24,37-40H2,1-4H3. The maximum absolute atomic E-state index is 2.58. The van der Waals surface area contributed by atoms with Crippen molar-refractivity contribution in [3.63, 3.8) is 0 Å². The zero-order valence-corrected chi connectivity index (χ0v) is 53.0. The minimum Gasteiger partial charge on any atom is -0.0654 e. The first-order chi connectivity index (χ1) is 43.7. The van der Waals surface area contributed by atoms with Crippen LogP contribution in [0.5, 0.6) is 0 Å². The Hall–Kier alpha value is -7.80. The summed E-state index contributed by atoms with van der Waals surface area (Å²) in [6.45, 7) is 9.42. The lowest BCUT2D eigenvalue weighted by Gasteiger charge is -2.28. The Balaban J connectivity index is 1.07. The number of aryl methyl sites for hydroxylation is 4. The van der Waals surface area contributed by atoms with Gasteiger partial charge in [0.2, 0.25) is 0 Å². The lowest BCUT2D eigenvalue weighted by molar-refractivity contribution is 0.623. The molecule has 16 aromatic carbocycles. The van der Waals surface area contributed by atoms with Gasteiger partial charge < -0.3 is 0 Å². The second kappa shape index (κ2) is 23.3. The van der Waals surface area contributed by atoms with Gasteiger partial charge in [0.05, 0.1) is 0 Å². The summed E-state index contributed by atoms with van der Waals surface area (Å²) >= 11 is 0. The highest BCUT2D eigenvalue weighted by atomic mass is 14.3. The van der Waals surface area contributed by atoms with Crippen LogP contribution in [0.15, 0.2) is 158 Å². The van der Waals surface area contributed by atoms with Crippen molar-refractivity contribution in [3.05, 3.63) is 180 Å². The van der Waals surface area contributed by atoms with Crippen molar-refractivity contribution in [2.45, 2.75) is 182 Å². The summed E-state index contributed by atoms with van der Waals surface area (Å²) in [4.78, 5) is 0. The maximum atomic E-state index is 2.58. The summed E-state index contributed by atoms with van der Waals surface area (Å²) in [6.07, 6.45) is 30.1. The monoisotopic (exact) mass is 1140 g/mol. The van der Waals surface area contributed by atoms with E-state index in [9.17, 15) is 0 Å². The van der Waals surface area contributed by atoms with Gasteiger partial charge in [-0.25, -0.2) is 0 Å². The molecular formula is C88H86. The van der Waals surface area contributed by atoms with Gasteiger partial charge in [-0.05, 0) is 236 Å². The van der Waals surface area contributed by atoms with E-state index in [1.165, 1.54) is 290 Å². The van der Waals surface area contributed by atoms with E-state index in [4.69, 9.17) is 0 Å². The van der Waals surface area contributed by atoms with Crippen molar-refractivity contribution in [3.8, 4) is 11.1 Å². The number of hydrogen-bond donors (Lipinski definition) is 0. The zero-order valence-electron chi connectivity index (χ0n) is 53.0. The van der Waals surface area contributed by atoms with Crippen LogP contribution in [-0.4, -0.2) is 0 Å². The normalized spacial score (nSPS) is 12.7. The van der Waals surface area contributed by atoms with Gasteiger partial charge in [-0.3, -0.25) is 0 Å². The van der Waals surface area contributed by atoms with Crippen molar-refractivity contribution in [2.24, 2.45) is 0 Å². The molecule has 0 N–H and O–H groups in total. The Morgan fingerprint density at radius 3 is 0.682 bits per heavy atom. The molecule has 0 spiro atoms. The maximum Gasteiger partial charge on any atom is -0.000421 e. The molecule has 0 radical (unpaired) electrons. The molecule has 0 heterocycles. The quantitative estimate of drug-likeness (QED) is 0.0304. The van der Waals surface area contributed by atoms with Crippen LogP contribution in [0.4, 0.5) is 0 Å². The van der Waals surface area contributed by atoms with E-state index in [2.05, 4.69) is 185 Å². The van der Waals surface area contributed by atoms with Crippen LogP contribution < -0.4 is 0 Å². The third kappa shape index (κ3) is 8.50. The fourth-order valence-corrected chi connectivity index (χ4v) is 18.1. The highest BCUT2D eigenvalue weighted by Gasteiger charge is 2.31. The molecular weight excluding hydrogens is 1060 g/mol. The molecule has 438 valence electrons. The molecule has 0 nitrogen and oxygen atoms in total. The van der Waals surface area contributed by atoms with Gasteiger partial charge in [-0.15, -0.1) is 0 Å². The van der Waals surface area contributed by atoms with Gasteiger partial charge in [-0.1, -0.05) is 288 Å². The molecule has 0 aliphatic rings. The minimum atomic E-state index is 1.11. The van der Waals surface area contributed by atoms with E-state index in [1.807, 2.05) is 0 Å². The van der Waals surface area contributed by atoms with Gasteiger partial charge in [0, 0.05) is 0 Å². The van der Waals surface area contributed by atoms with Crippen LogP contribution in [-0.2, 0) is 25.7 Å². The van der Waals surface area contributed by atoms with Gasteiger partial charge in [0.25, 0.3) is 0 Å². The molecule has 0 heteroatoms. The number of benzene rings is 16. The van der Waals surface area contributed by atoms with Crippen molar-refractivity contribution < 1.29 is 0 Å². The van der Waals surface area contributed by atoms with Crippen LogP contribution in [0.2, 0.25) is 0 Å². The Bertz CT molecular complexity index is 4930. The molecule has 16 aromatic rings. The first-order valence-corrected chi connectivity index (χ1v) is 35.1. The topological polar surface area (TPSA) is 0 Å². The average Bonchev–Trinajstić information content (AvgIpc) is 0.680. The Morgan fingerprint density at radius 1 is 0.159 bits per heavy atom. The molecule has 0 atom stereocenters. The molecule has 0 saturated heterocycles. The minimum absolute atomic E-state index is 1.11. The highest BCUT2D eigenvalue weighted by molar-refractivity contribution is 6.52. The van der Waals surface area contributed by atoms with Crippen LogP contribution in [0.1, 0.15) is 178 Å². The highest BCUT2D eigenvalue weighted by Crippen LogP contribution is 2.58. The second-order valence-electron chi connectivity index (χ2n) is 27.0. The van der Waals surface area contributed by atoms with Gasteiger partial charge >= 0.3 is 0 Å². The number of unbranched alkanes of at least 4 members (excludes halogenated alkanes) is 16. The summed E-state index contributed by atoms with van der Waals surface area (Å²) in [6, 6.07) is 63.4.